The number of rotatable bonds is 11. The summed E-state index contributed by atoms with van der Waals surface area (Å²) in [4.78, 5) is 27.4. The van der Waals surface area contributed by atoms with Gasteiger partial charge in [-0.3, -0.25) is 9.59 Å². The first-order valence-electron chi connectivity index (χ1n) is 11.4. The largest absolute Gasteiger partial charge is 0.497 e. The van der Waals surface area contributed by atoms with Crippen LogP contribution in [0.2, 0.25) is 0 Å². The van der Waals surface area contributed by atoms with Crippen LogP contribution in [-0.2, 0) is 19.5 Å². The molecule has 2 amide bonds. The zero-order valence-electron chi connectivity index (χ0n) is 20.1. The number of hydrogen-bond acceptors (Lipinski definition) is 7. The number of furan rings is 1. The number of carbonyl (C=O) groups is 2. The second-order valence-corrected chi connectivity index (χ2v) is 8.00. The number of methoxy groups -OCH3 is 2. The highest BCUT2D eigenvalue weighted by molar-refractivity contribution is 5.94. The minimum Gasteiger partial charge on any atom is -0.497 e. The predicted molar refractivity (Wildman–Crippen MR) is 131 cm³/mol. The average molecular weight is 490 g/mol. The third kappa shape index (κ3) is 6.32. The van der Waals surface area contributed by atoms with Crippen molar-refractivity contribution in [2.45, 2.75) is 19.5 Å². The van der Waals surface area contributed by atoms with Crippen LogP contribution in [0.15, 0.2) is 81.9 Å². The van der Waals surface area contributed by atoms with Gasteiger partial charge in [0.15, 0.2) is 11.5 Å². The van der Waals surface area contributed by atoms with Gasteiger partial charge in [0.1, 0.15) is 17.3 Å². The van der Waals surface area contributed by atoms with Crippen LogP contribution in [0.1, 0.15) is 37.9 Å². The summed E-state index contributed by atoms with van der Waals surface area (Å²) >= 11 is 0. The Morgan fingerprint density at radius 1 is 0.917 bits per heavy atom. The van der Waals surface area contributed by atoms with Crippen molar-refractivity contribution in [1.82, 2.24) is 15.4 Å². The SMILES string of the molecule is COc1ccc(CCNC(=O)c2cc(CN(Cc3ccco3)C(=O)c3cccc(OC)c3)on2)cc1. The van der Waals surface area contributed by atoms with Gasteiger partial charge in [0.25, 0.3) is 11.8 Å². The van der Waals surface area contributed by atoms with E-state index in [4.69, 9.17) is 18.4 Å². The summed E-state index contributed by atoms with van der Waals surface area (Å²) in [5, 5.41) is 6.73. The number of aromatic nitrogens is 1. The van der Waals surface area contributed by atoms with Gasteiger partial charge in [-0.1, -0.05) is 23.4 Å². The number of nitrogens with zero attached hydrogens (tertiary/aromatic N) is 2. The third-order valence-electron chi connectivity index (χ3n) is 5.53. The van der Waals surface area contributed by atoms with Crippen molar-refractivity contribution < 1.29 is 28.0 Å². The summed E-state index contributed by atoms with van der Waals surface area (Å²) in [6.45, 7) is 0.752. The van der Waals surface area contributed by atoms with E-state index < -0.39 is 0 Å². The summed E-state index contributed by atoms with van der Waals surface area (Å²) < 4.78 is 21.2. The standard InChI is InChI=1S/C27H27N3O6/c1-33-21-10-8-19(9-11-21)12-13-28-26(31)25-16-24(36-29-25)18-30(17-23-7-4-14-35-23)27(32)20-5-3-6-22(15-20)34-2/h3-11,14-16H,12-13,17-18H2,1-2H3,(H,28,31). The van der Waals surface area contributed by atoms with Crippen LogP contribution in [0.4, 0.5) is 0 Å². The molecule has 0 bridgehead atoms. The fraction of sp³-hybridized carbons (Fsp3) is 0.222. The van der Waals surface area contributed by atoms with E-state index in [2.05, 4.69) is 10.5 Å². The number of nitrogens with one attached hydrogen (secondary N) is 1. The van der Waals surface area contributed by atoms with Crippen molar-refractivity contribution in [3.8, 4) is 11.5 Å². The molecule has 36 heavy (non-hydrogen) atoms. The van der Waals surface area contributed by atoms with Crippen LogP contribution in [0.3, 0.4) is 0 Å². The van der Waals surface area contributed by atoms with Crippen LogP contribution in [0.25, 0.3) is 0 Å². The molecule has 2 aromatic carbocycles. The van der Waals surface area contributed by atoms with E-state index in [9.17, 15) is 9.59 Å². The summed E-state index contributed by atoms with van der Waals surface area (Å²) in [6.07, 6.45) is 2.21. The monoisotopic (exact) mass is 489 g/mol. The molecule has 4 rings (SSSR count). The molecule has 9 heteroatoms. The second kappa shape index (κ2) is 11.7. The Morgan fingerprint density at radius 3 is 2.42 bits per heavy atom. The van der Waals surface area contributed by atoms with Crippen LogP contribution < -0.4 is 14.8 Å². The van der Waals surface area contributed by atoms with Gasteiger partial charge >= 0.3 is 0 Å². The van der Waals surface area contributed by atoms with Gasteiger partial charge in [0.05, 0.1) is 33.6 Å². The van der Waals surface area contributed by atoms with E-state index in [-0.39, 0.29) is 30.6 Å². The Labute approximate surface area is 208 Å². The number of carbonyl (C=O) groups excluding carboxylic acids is 2. The molecule has 2 heterocycles. The van der Waals surface area contributed by atoms with Crippen LogP contribution in [0, 0.1) is 0 Å². The zero-order valence-corrected chi connectivity index (χ0v) is 20.1. The Hall–Kier alpha value is -4.53. The third-order valence-corrected chi connectivity index (χ3v) is 5.53. The molecule has 0 saturated heterocycles. The van der Waals surface area contributed by atoms with Gasteiger partial charge in [0.2, 0.25) is 0 Å². The van der Waals surface area contributed by atoms with E-state index in [0.29, 0.717) is 35.8 Å². The van der Waals surface area contributed by atoms with E-state index >= 15 is 0 Å². The molecule has 0 aliphatic rings. The van der Waals surface area contributed by atoms with Gasteiger partial charge in [-0.2, -0.15) is 0 Å². The van der Waals surface area contributed by atoms with Gasteiger partial charge in [-0.15, -0.1) is 0 Å². The van der Waals surface area contributed by atoms with Crippen molar-refractivity contribution in [3.05, 3.63) is 101 Å². The van der Waals surface area contributed by atoms with Crippen LogP contribution in [0.5, 0.6) is 11.5 Å². The minimum absolute atomic E-state index is 0.100. The maximum Gasteiger partial charge on any atom is 0.273 e. The zero-order chi connectivity index (χ0) is 25.3. The lowest BCUT2D eigenvalue weighted by Gasteiger charge is -2.20. The van der Waals surface area contributed by atoms with E-state index in [1.807, 2.05) is 24.3 Å². The maximum atomic E-state index is 13.3. The molecule has 1 N–H and O–H groups in total. The highest BCUT2D eigenvalue weighted by Gasteiger charge is 2.21. The normalized spacial score (nSPS) is 10.6. The maximum absolute atomic E-state index is 13.3. The molecule has 2 aromatic heterocycles. The van der Waals surface area contributed by atoms with Crippen molar-refractivity contribution in [1.29, 1.82) is 0 Å². The summed E-state index contributed by atoms with van der Waals surface area (Å²) in [5.41, 5.74) is 1.67. The first-order chi connectivity index (χ1) is 17.6. The molecule has 0 spiro atoms. The van der Waals surface area contributed by atoms with Crippen molar-refractivity contribution in [2.75, 3.05) is 20.8 Å². The summed E-state index contributed by atoms with van der Waals surface area (Å²) in [5.74, 6) is 1.75. The first kappa shape index (κ1) is 24.6. The minimum atomic E-state index is -0.352. The van der Waals surface area contributed by atoms with Gasteiger partial charge < -0.3 is 28.6 Å². The Morgan fingerprint density at radius 2 is 1.69 bits per heavy atom. The Balaban J connectivity index is 1.40. The van der Waals surface area contributed by atoms with Gasteiger partial charge in [-0.25, -0.2) is 0 Å². The fourth-order valence-electron chi connectivity index (χ4n) is 3.61. The van der Waals surface area contributed by atoms with Gasteiger partial charge in [-0.05, 0) is 54.4 Å². The molecule has 9 nitrogen and oxygen atoms in total. The molecule has 0 atom stereocenters. The van der Waals surface area contributed by atoms with E-state index in [1.54, 1.807) is 61.8 Å². The Kier molecular flexibility index (Phi) is 8.02. The first-order valence-corrected chi connectivity index (χ1v) is 11.4. The topological polar surface area (TPSA) is 107 Å². The lowest BCUT2D eigenvalue weighted by atomic mass is 10.1. The van der Waals surface area contributed by atoms with Crippen molar-refractivity contribution >= 4 is 11.8 Å². The predicted octanol–water partition coefficient (Wildman–Crippen LogP) is 4.10. The lowest BCUT2D eigenvalue weighted by Crippen LogP contribution is -2.30. The molecule has 0 radical (unpaired) electrons. The molecule has 0 unspecified atom stereocenters. The van der Waals surface area contributed by atoms with Crippen molar-refractivity contribution in [2.24, 2.45) is 0 Å². The Bertz CT molecular complexity index is 1280. The molecule has 0 saturated carbocycles. The quantitative estimate of drug-likeness (QED) is 0.338. The second-order valence-electron chi connectivity index (χ2n) is 8.00. The highest BCUT2D eigenvalue weighted by atomic mass is 16.5. The fourth-order valence-corrected chi connectivity index (χ4v) is 3.61. The lowest BCUT2D eigenvalue weighted by molar-refractivity contribution is 0.0699. The number of ether oxygens (including phenoxy) is 2. The van der Waals surface area contributed by atoms with E-state index in [0.717, 1.165) is 11.3 Å². The molecule has 0 aliphatic carbocycles. The van der Waals surface area contributed by atoms with Gasteiger partial charge in [0, 0.05) is 18.2 Å². The average Bonchev–Trinajstić information content (AvgIpc) is 3.61. The van der Waals surface area contributed by atoms with Crippen LogP contribution in [-0.4, -0.2) is 42.6 Å². The molecular weight excluding hydrogens is 462 g/mol. The molecule has 186 valence electrons. The number of amides is 2. The molecule has 0 fully saturated rings. The smallest absolute Gasteiger partial charge is 0.273 e. The highest BCUT2D eigenvalue weighted by Crippen LogP contribution is 2.19. The molecule has 4 aromatic rings. The number of hydrogen-bond donors (Lipinski definition) is 1. The molecular formula is C27H27N3O6. The number of benzene rings is 2. The summed E-state index contributed by atoms with van der Waals surface area (Å²) in [6, 6.07) is 19.6. The van der Waals surface area contributed by atoms with E-state index in [1.165, 1.54) is 6.07 Å². The molecule has 0 aliphatic heterocycles. The van der Waals surface area contributed by atoms with Crippen molar-refractivity contribution in [3.63, 3.8) is 0 Å². The summed E-state index contributed by atoms with van der Waals surface area (Å²) in [7, 11) is 3.16. The van der Waals surface area contributed by atoms with Crippen LogP contribution >= 0.6 is 0 Å².